The molecule has 29 heavy (non-hydrogen) atoms. The van der Waals surface area contributed by atoms with Crippen molar-refractivity contribution in [2.45, 2.75) is 12.5 Å². The summed E-state index contributed by atoms with van der Waals surface area (Å²) in [7, 11) is 3.05. The molecule has 8 heteroatoms. The van der Waals surface area contributed by atoms with Gasteiger partial charge < -0.3 is 29.2 Å². The molecule has 2 heterocycles. The second-order valence-electron chi connectivity index (χ2n) is 6.78. The van der Waals surface area contributed by atoms with E-state index in [0.717, 1.165) is 5.69 Å². The maximum atomic E-state index is 12.6. The number of rotatable bonds is 5. The fourth-order valence-corrected chi connectivity index (χ4v) is 3.50. The summed E-state index contributed by atoms with van der Waals surface area (Å²) in [5.41, 5.74) is 1.16. The van der Waals surface area contributed by atoms with Crippen molar-refractivity contribution >= 4 is 17.5 Å². The van der Waals surface area contributed by atoms with Crippen molar-refractivity contribution in [3.05, 3.63) is 42.0 Å². The molecule has 0 bridgehead atoms. The first-order chi connectivity index (χ1) is 14.1. The minimum Gasteiger partial charge on any atom is -0.493 e. The number of benzene rings is 2. The molecule has 2 aliphatic heterocycles. The monoisotopic (exact) mass is 398 g/mol. The molecule has 8 nitrogen and oxygen atoms in total. The van der Waals surface area contributed by atoms with Gasteiger partial charge in [-0.05, 0) is 30.3 Å². The largest absolute Gasteiger partial charge is 0.493 e. The van der Waals surface area contributed by atoms with Crippen LogP contribution >= 0.6 is 0 Å². The molecule has 2 aromatic carbocycles. The Kier molecular flexibility index (Phi) is 5.16. The zero-order valence-electron chi connectivity index (χ0n) is 16.3. The number of nitrogens with one attached hydrogen (secondary N) is 1. The SMILES string of the molecule is COc1ccc(C(=O)N[C@H]2CC(=O)N(c3ccc4c(c3)OCCO4)C2)cc1OC. The predicted molar refractivity (Wildman–Crippen MR) is 105 cm³/mol. The van der Waals surface area contributed by atoms with Crippen molar-refractivity contribution in [2.75, 3.05) is 38.9 Å². The van der Waals surface area contributed by atoms with E-state index in [4.69, 9.17) is 18.9 Å². The van der Waals surface area contributed by atoms with E-state index in [0.29, 0.717) is 48.3 Å². The number of nitrogens with zero attached hydrogens (tertiary/aromatic N) is 1. The molecule has 2 amide bonds. The summed E-state index contributed by atoms with van der Waals surface area (Å²) in [5.74, 6) is 1.99. The van der Waals surface area contributed by atoms with Crippen molar-refractivity contribution in [2.24, 2.45) is 0 Å². The lowest BCUT2D eigenvalue weighted by Crippen LogP contribution is -2.37. The smallest absolute Gasteiger partial charge is 0.251 e. The maximum absolute atomic E-state index is 12.6. The van der Waals surface area contributed by atoms with Gasteiger partial charge in [0.25, 0.3) is 5.91 Å². The van der Waals surface area contributed by atoms with Crippen LogP contribution in [0.4, 0.5) is 5.69 Å². The van der Waals surface area contributed by atoms with Crippen molar-refractivity contribution in [1.82, 2.24) is 5.32 Å². The van der Waals surface area contributed by atoms with Gasteiger partial charge in [0.2, 0.25) is 5.91 Å². The van der Waals surface area contributed by atoms with Crippen molar-refractivity contribution < 1.29 is 28.5 Å². The number of fused-ring (bicyclic) bond motifs is 1. The van der Waals surface area contributed by atoms with Crippen LogP contribution in [0.15, 0.2) is 36.4 Å². The van der Waals surface area contributed by atoms with Gasteiger partial charge in [0.15, 0.2) is 23.0 Å². The van der Waals surface area contributed by atoms with Gasteiger partial charge in [-0.1, -0.05) is 0 Å². The highest BCUT2D eigenvalue weighted by Gasteiger charge is 2.32. The summed E-state index contributed by atoms with van der Waals surface area (Å²) in [6.07, 6.45) is 0.230. The zero-order valence-corrected chi connectivity index (χ0v) is 16.3. The molecule has 0 radical (unpaired) electrons. The molecule has 2 aromatic rings. The Hall–Kier alpha value is -3.42. The Morgan fingerprint density at radius 2 is 1.79 bits per heavy atom. The van der Waals surface area contributed by atoms with Crippen LogP contribution in [0.5, 0.6) is 23.0 Å². The highest BCUT2D eigenvalue weighted by Crippen LogP contribution is 2.35. The quantitative estimate of drug-likeness (QED) is 0.829. The average molecular weight is 398 g/mol. The van der Waals surface area contributed by atoms with Gasteiger partial charge >= 0.3 is 0 Å². The lowest BCUT2D eigenvalue weighted by molar-refractivity contribution is -0.117. The van der Waals surface area contributed by atoms with Gasteiger partial charge in [-0.15, -0.1) is 0 Å². The van der Waals surface area contributed by atoms with Crippen LogP contribution in [0.2, 0.25) is 0 Å². The van der Waals surface area contributed by atoms with Gasteiger partial charge in [-0.25, -0.2) is 0 Å². The molecule has 0 spiro atoms. The van der Waals surface area contributed by atoms with Crippen LogP contribution in [-0.2, 0) is 4.79 Å². The molecule has 152 valence electrons. The van der Waals surface area contributed by atoms with Crippen molar-refractivity contribution in [1.29, 1.82) is 0 Å². The van der Waals surface area contributed by atoms with E-state index in [9.17, 15) is 9.59 Å². The first-order valence-electron chi connectivity index (χ1n) is 9.32. The van der Waals surface area contributed by atoms with Crippen molar-refractivity contribution in [3.8, 4) is 23.0 Å². The molecular weight excluding hydrogens is 376 g/mol. The number of anilines is 1. The number of methoxy groups -OCH3 is 2. The van der Waals surface area contributed by atoms with E-state index in [1.54, 1.807) is 35.2 Å². The number of carbonyl (C=O) groups is 2. The minimum atomic E-state index is -0.295. The van der Waals surface area contributed by atoms with Crippen molar-refractivity contribution in [3.63, 3.8) is 0 Å². The summed E-state index contributed by atoms with van der Waals surface area (Å²) >= 11 is 0. The Labute approximate surface area is 168 Å². The minimum absolute atomic E-state index is 0.0562. The van der Waals surface area contributed by atoms with E-state index in [2.05, 4.69) is 5.32 Å². The molecule has 0 aliphatic carbocycles. The fraction of sp³-hybridized carbons (Fsp3) is 0.333. The molecule has 2 aliphatic rings. The van der Waals surface area contributed by atoms with Crippen LogP contribution in [-0.4, -0.2) is 51.8 Å². The molecule has 4 rings (SSSR count). The Morgan fingerprint density at radius 3 is 2.55 bits per heavy atom. The first-order valence-corrected chi connectivity index (χ1v) is 9.32. The topological polar surface area (TPSA) is 86.3 Å². The molecule has 0 aromatic heterocycles. The third-order valence-corrected chi connectivity index (χ3v) is 4.94. The average Bonchev–Trinajstić information content (AvgIpc) is 3.12. The summed E-state index contributed by atoms with van der Waals surface area (Å²) in [4.78, 5) is 26.8. The molecule has 1 N–H and O–H groups in total. The molecule has 0 unspecified atom stereocenters. The van der Waals surface area contributed by atoms with Crippen LogP contribution in [0, 0.1) is 0 Å². The van der Waals surface area contributed by atoms with E-state index in [1.807, 2.05) is 6.07 Å². The highest BCUT2D eigenvalue weighted by atomic mass is 16.6. The van der Waals surface area contributed by atoms with Gasteiger partial charge in [0.1, 0.15) is 13.2 Å². The van der Waals surface area contributed by atoms with Crippen LogP contribution in [0.3, 0.4) is 0 Å². The normalized spacial score (nSPS) is 17.8. The van der Waals surface area contributed by atoms with Gasteiger partial charge in [-0.3, -0.25) is 9.59 Å². The summed E-state index contributed by atoms with van der Waals surface area (Å²) in [5, 5.41) is 2.92. The Morgan fingerprint density at radius 1 is 1.03 bits per heavy atom. The number of hydrogen-bond donors (Lipinski definition) is 1. The standard InChI is InChI=1S/C21H22N2O6/c1-26-16-5-3-13(9-18(16)27-2)21(25)22-14-10-20(24)23(12-14)15-4-6-17-19(11-15)29-8-7-28-17/h3-6,9,11,14H,7-8,10,12H2,1-2H3,(H,22,25)/t14-/m0/s1. The Bertz CT molecular complexity index is 945. The zero-order chi connectivity index (χ0) is 20.4. The molecule has 1 atom stereocenters. The summed E-state index contributed by atoms with van der Waals surface area (Å²) in [6.45, 7) is 1.38. The second-order valence-corrected chi connectivity index (χ2v) is 6.78. The van der Waals surface area contributed by atoms with E-state index >= 15 is 0 Å². The van der Waals surface area contributed by atoms with Gasteiger partial charge in [-0.2, -0.15) is 0 Å². The maximum Gasteiger partial charge on any atom is 0.251 e. The van der Waals surface area contributed by atoms with Gasteiger partial charge in [0, 0.05) is 30.3 Å². The summed E-state index contributed by atoms with van der Waals surface area (Å²) < 4.78 is 21.6. The number of ether oxygens (including phenoxy) is 4. The van der Waals surface area contributed by atoms with Crippen LogP contribution in [0.25, 0.3) is 0 Å². The first kappa shape index (κ1) is 18.9. The third-order valence-electron chi connectivity index (χ3n) is 4.94. The lowest BCUT2D eigenvalue weighted by atomic mass is 10.1. The van der Waals surface area contributed by atoms with E-state index in [-0.39, 0.29) is 24.3 Å². The van der Waals surface area contributed by atoms with E-state index < -0.39 is 0 Å². The molecule has 1 fully saturated rings. The predicted octanol–water partition coefficient (Wildman–Crippen LogP) is 2.01. The fourth-order valence-electron chi connectivity index (χ4n) is 3.50. The van der Waals surface area contributed by atoms with Crippen LogP contribution in [0.1, 0.15) is 16.8 Å². The number of amides is 2. The Balaban J connectivity index is 1.45. The molecule has 1 saturated heterocycles. The molecular formula is C21H22N2O6. The third kappa shape index (κ3) is 3.78. The lowest BCUT2D eigenvalue weighted by Gasteiger charge is -2.22. The second kappa shape index (κ2) is 7.90. The summed E-state index contributed by atoms with van der Waals surface area (Å²) in [6, 6.07) is 10.1. The van der Waals surface area contributed by atoms with E-state index in [1.165, 1.54) is 14.2 Å². The number of carbonyl (C=O) groups excluding carboxylic acids is 2. The molecule has 0 saturated carbocycles. The van der Waals surface area contributed by atoms with Crippen LogP contribution < -0.4 is 29.2 Å². The highest BCUT2D eigenvalue weighted by molar-refractivity contribution is 5.99. The number of hydrogen-bond acceptors (Lipinski definition) is 6. The van der Waals surface area contributed by atoms with Gasteiger partial charge in [0.05, 0.1) is 20.3 Å².